The third-order valence-electron chi connectivity index (χ3n) is 5.54. The van der Waals surface area contributed by atoms with Gasteiger partial charge in [-0.05, 0) is 37.0 Å². The molecule has 0 bridgehead atoms. The lowest BCUT2D eigenvalue weighted by molar-refractivity contribution is -0.125. The van der Waals surface area contributed by atoms with Crippen molar-refractivity contribution in [2.75, 3.05) is 24.5 Å². The molecular weight excluding hydrogens is 396 g/mol. The molecule has 2 aromatic carbocycles. The molecule has 2 heterocycles. The zero-order valence-corrected chi connectivity index (χ0v) is 17.6. The standard InChI is InChI=1S/C24H25ClN4O/c25-21-8-6-18(7-9-21)10-13-26-24(30)20-11-14-29(15-12-20)23-16-22(27-17-28-23)19-4-2-1-3-5-19/h1-9,16-17,20H,10-15H2,(H,26,30). The highest BCUT2D eigenvalue weighted by atomic mass is 35.5. The summed E-state index contributed by atoms with van der Waals surface area (Å²) in [5.41, 5.74) is 3.17. The fourth-order valence-electron chi connectivity index (χ4n) is 3.78. The molecule has 30 heavy (non-hydrogen) atoms. The van der Waals surface area contributed by atoms with Gasteiger partial charge in [-0.15, -0.1) is 0 Å². The van der Waals surface area contributed by atoms with E-state index in [-0.39, 0.29) is 11.8 Å². The van der Waals surface area contributed by atoms with Crippen LogP contribution >= 0.6 is 11.6 Å². The molecule has 4 rings (SSSR count). The number of rotatable bonds is 6. The molecule has 1 amide bonds. The first kappa shape index (κ1) is 20.4. The van der Waals surface area contributed by atoms with Crippen LogP contribution in [0.2, 0.25) is 5.02 Å². The molecule has 5 nitrogen and oxygen atoms in total. The monoisotopic (exact) mass is 420 g/mol. The van der Waals surface area contributed by atoms with E-state index in [4.69, 9.17) is 11.6 Å². The molecule has 1 saturated heterocycles. The van der Waals surface area contributed by atoms with E-state index in [0.717, 1.165) is 54.4 Å². The van der Waals surface area contributed by atoms with Crippen LogP contribution in [-0.2, 0) is 11.2 Å². The summed E-state index contributed by atoms with van der Waals surface area (Å²) in [6, 6.07) is 19.9. The fraction of sp³-hybridized carbons (Fsp3) is 0.292. The molecule has 0 atom stereocenters. The van der Waals surface area contributed by atoms with E-state index in [1.165, 1.54) is 5.56 Å². The number of halogens is 1. The number of nitrogens with one attached hydrogen (secondary N) is 1. The normalized spacial score (nSPS) is 14.5. The van der Waals surface area contributed by atoms with Crippen molar-refractivity contribution in [3.8, 4) is 11.3 Å². The van der Waals surface area contributed by atoms with Crippen molar-refractivity contribution >= 4 is 23.3 Å². The maximum absolute atomic E-state index is 12.5. The molecule has 0 saturated carbocycles. The molecule has 1 fully saturated rings. The largest absolute Gasteiger partial charge is 0.356 e. The van der Waals surface area contributed by atoms with Crippen LogP contribution in [0.25, 0.3) is 11.3 Å². The van der Waals surface area contributed by atoms with Crippen LogP contribution in [0.5, 0.6) is 0 Å². The Balaban J connectivity index is 1.27. The smallest absolute Gasteiger partial charge is 0.223 e. The van der Waals surface area contributed by atoms with Crippen LogP contribution in [0.15, 0.2) is 67.0 Å². The Labute approximate surface area is 182 Å². The van der Waals surface area contributed by atoms with Crippen LogP contribution in [0.1, 0.15) is 18.4 Å². The van der Waals surface area contributed by atoms with E-state index in [9.17, 15) is 4.79 Å². The van der Waals surface area contributed by atoms with Gasteiger partial charge in [0.2, 0.25) is 5.91 Å². The van der Waals surface area contributed by atoms with E-state index < -0.39 is 0 Å². The molecule has 6 heteroatoms. The molecule has 0 aliphatic carbocycles. The van der Waals surface area contributed by atoms with Gasteiger partial charge in [0.15, 0.2) is 0 Å². The predicted molar refractivity (Wildman–Crippen MR) is 121 cm³/mol. The van der Waals surface area contributed by atoms with Gasteiger partial charge in [0.25, 0.3) is 0 Å². The first-order valence-electron chi connectivity index (χ1n) is 10.3. The second-order valence-corrected chi connectivity index (χ2v) is 7.99. The first-order valence-corrected chi connectivity index (χ1v) is 10.7. The van der Waals surface area contributed by atoms with Crippen LogP contribution < -0.4 is 10.2 Å². The van der Waals surface area contributed by atoms with Crippen molar-refractivity contribution in [2.24, 2.45) is 5.92 Å². The van der Waals surface area contributed by atoms with Crippen molar-refractivity contribution in [1.29, 1.82) is 0 Å². The molecule has 1 N–H and O–H groups in total. The topological polar surface area (TPSA) is 58.1 Å². The minimum Gasteiger partial charge on any atom is -0.356 e. The summed E-state index contributed by atoms with van der Waals surface area (Å²) in [7, 11) is 0. The van der Waals surface area contributed by atoms with Gasteiger partial charge >= 0.3 is 0 Å². The molecule has 3 aromatic rings. The summed E-state index contributed by atoms with van der Waals surface area (Å²) in [4.78, 5) is 23.6. The first-order chi connectivity index (χ1) is 14.7. The zero-order chi connectivity index (χ0) is 20.8. The Hall–Kier alpha value is -2.92. The summed E-state index contributed by atoms with van der Waals surface area (Å²) in [6.07, 6.45) is 4.09. The Bertz CT molecular complexity index is 970. The second kappa shape index (κ2) is 9.72. The molecule has 0 radical (unpaired) electrons. The summed E-state index contributed by atoms with van der Waals surface area (Å²) >= 11 is 5.91. The Morgan fingerprint density at radius 2 is 1.77 bits per heavy atom. The lowest BCUT2D eigenvalue weighted by atomic mass is 9.95. The predicted octanol–water partition coefficient (Wildman–Crippen LogP) is 4.37. The molecule has 1 aromatic heterocycles. The zero-order valence-electron chi connectivity index (χ0n) is 16.8. The van der Waals surface area contributed by atoms with E-state index in [1.54, 1.807) is 6.33 Å². The van der Waals surface area contributed by atoms with Crippen LogP contribution in [0.4, 0.5) is 5.82 Å². The number of aromatic nitrogens is 2. The van der Waals surface area contributed by atoms with E-state index >= 15 is 0 Å². The third kappa shape index (κ3) is 5.16. The van der Waals surface area contributed by atoms with Crippen molar-refractivity contribution in [3.05, 3.63) is 77.6 Å². The molecule has 0 spiro atoms. The summed E-state index contributed by atoms with van der Waals surface area (Å²) in [5.74, 6) is 1.13. The quantitative estimate of drug-likeness (QED) is 0.643. The molecule has 1 aliphatic rings. The van der Waals surface area contributed by atoms with E-state index in [1.807, 2.05) is 60.7 Å². The van der Waals surface area contributed by atoms with Crippen molar-refractivity contribution in [2.45, 2.75) is 19.3 Å². The number of nitrogens with zero attached hydrogens (tertiary/aromatic N) is 3. The van der Waals surface area contributed by atoms with Crippen LogP contribution in [-0.4, -0.2) is 35.5 Å². The van der Waals surface area contributed by atoms with Gasteiger partial charge in [-0.2, -0.15) is 0 Å². The van der Waals surface area contributed by atoms with Crippen molar-refractivity contribution in [1.82, 2.24) is 15.3 Å². The maximum Gasteiger partial charge on any atom is 0.223 e. The van der Waals surface area contributed by atoms with Crippen LogP contribution in [0.3, 0.4) is 0 Å². The van der Waals surface area contributed by atoms with Gasteiger partial charge in [-0.3, -0.25) is 4.79 Å². The SMILES string of the molecule is O=C(NCCc1ccc(Cl)cc1)C1CCN(c2cc(-c3ccccc3)ncn2)CC1. The fourth-order valence-corrected chi connectivity index (χ4v) is 3.91. The minimum absolute atomic E-state index is 0.0573. The van der Waals surface area contributed by atoms with Gasteiger partial charge in [0.05, 0.1) is 5.69 Å². The number of carbonyl (C=O) groups excluding carboxylic acids is 1. The number of piperidine rings is 1. The Kier molecular flexibility index (Phi) is 6.60. The molecule has 154 valence electrons. The minimum atomic E-state index is 0.0573. The summed E-state index contributed by atoms with van der Waals surface area (Å²) < 4.78 is 0. The molecule has 1 aliphatic heterocycles. The van der Waals surface area contributed by atoms with Gasteiger partial charge in [-0.25, -0.2) is 9.97 Å². The van der Waals surface area contributed by atoms with Gasteiger partial charge < -0.3 is 10.2 Å². The number of hydrogen-bond donors (Lipinski definition) is 1. The van der Waals surface area contributed by atoms with Crippen molar-refractivity contribution in [3.63, 3.8) is 0 Å². The summed E-state index contributed by atoms with van der Waals surface area (Å²) in [5, 5.41) is 3.82. The Morgan fingerprint density at radius 1 is 1.03 bits per heavy atom. The van der Waals surface area contributed by atoms with Crippen LogP contribution in [0, 0.1) is 5.92 Å². The van der Waals surface area contributed by atoms with E-state index in [0.29, 0.717) is 6.54 Å². The van der Waals surface area contributed by atoms with Gasteiger partial charge in [-0.1, -0.05) is 54.1 Å². The van der Waals surface area contributed by atoms with E-state index in [2.05, 4.69) is 20.2 Å². The average molecular weight is 421 g/mol. The Morgan fingerprint density at radius 3 is 2.50 bits per heavy atom. The lowest BCUT2D eigenvalue weighted by Crippen LogP contribution is -2.41. The number of hydrogen-bond acceptors (Lipinski definition) is 4. The highest BCUT2D eigenvalue weighted by molar-refractivity contribution is 6.30. The summed E-state index contributed by atoms with van der Waals surface area (Å²) in [6.45, 7) is 2.29. The highest BCUT2D eigenvalue weighted by Gasteiger charge is 2.25. The number of amides is 1. The maximum atomic E-state index is 12.5. The van der Waals surface area contributed by atoms with Gasteiger partial charge in [0, 0.05) is 42.2 Å². The third-order valence-corrected chi connectivity index (χ3v) is 5.79. The number of carbonyl (C=O) groups is 1. The van der Waals surface area contributed by atoms with Crippen molar-refractivity contribution < 1.29 is 4.79 Å². The number of benzene rings is 2. The molecule has 0 unspecified atom stereocenters. The highest BCUT2D eigenvalue weighted by Crippen LogP contribution is 2.25. The average Bonchev–Trinajstić information content (AvgIpc) is 2.81. The molecular formula is C24H25ClN4O. The van der Waals surface area contributed by atoms with Gasteiger partial charge in [0.1, 0.15) is 12.1 Å². The lowest BCUT2D eigenvalue weighted by Gasteiger charge is -2.32. The second-order valence-electron chi connectivity index (χ2n) is 7.56. The number of anilines is 1.